The smallest absolute Gasteiger partial charge is 0.328 e. The molecular weight excluding hydrogens is 986 g/mol. The SMILES string of the molecule is COC(=O)[C@H](C[C@@H]1CCCNC1=O)NC(=O)[C@H](CC(C)(C)CN1CCC[C@@H](C[C@H](NC(=O)[C@H](CC(C)(C)C)NC(=O)c2cc3cc(OC)cc(Cl)c3[nH]2)C(N)=O)C1=O)NC(=O)c1cc2cc(OC)cc(Cl)c2[nH]1. The van der Waals surface area contributed by atoms with Gasteiger partial charge in [0.25, 0.3) is 11.8 Å². The van der Waals surface area contributed by atoms with Gasteiger partial charge in [-0.1, -0.05) is 57.8 Å². The number of aromatic nitrogens is 2. The van der Waals surface area contributed by atoms with Crippen molar-refractivity contribution < 1.29 is 52.6 Å². The van der Waals surface area contributed by atoms with Crippen molar-refractivity contribution in [3.63, 3.8) is 0 Å². The molecule has 22 heteroatoms. The quantitative estimate of drug-likeness (QED) is 0.0520. The lowest BCUT2D eigenvalue weighted by molar-refractivity contribution is -0.146. The van der Waals surface area contributed by atoms with E-state index in [0.29, 0.717) is 82.1 Å². The van der Waals surface area contributed by atoms with Gasteiger partial charge in [-0.3, -0.25) is 33.6 Å². The molecule has 0 bridgehead atoms. The van der Waals surface area contributed by atoms with Gasteiger partial charge in [0.2, 0.25) is 29.5 Å². The first-order valence-electron chi connectivity index (χ1n) is 24.3. The van der Waals surface area contributed by atoms with E-state index in [1.165, 1.54) is 21.3 Å². The van der Waals surface area contributed by atoms with E-state index < -0.39 is 82.3 Å². The Morgan fingerprint density at radius 1 is 0.699 bits per heavy atom. The summed E-state index contributed by atoms with van der Waals surface area (Å²) in [5.74, 6) is -5.16. The molecule has 20 nitrogen and oxygen atoms in total. The highest BCUT2D eigenvalue weighted by Gasteiger charge is 2.40. The van der Waals surface area contributed by atoms with Crippen molar-refractivity contribution in [3.05, 3.63) is 57.8 Å². The second kappa shape index (κ2) is 23.6. The minimum absolute atomic E-state index is 0.0317. The Labute approximate surface area is 433 Å². The van der Waals surface area contributed by atoms with Gasteiger partial charge in [-0.2, -0.15) is 0 Å². The molecule has 6 atom stereocenters. The number of aromatic amines is 2. The topological polar surface area (TPSA) is 285 Å². The summed E-state index contributed by atoms with van der Waals surface area (Å²) < 4.78 is 15.7. The lowest BCUT2D eigenvalue weighted by Gasteiger charge is -2.39. The molecule has 2 aromatic heterocycles. The lowest BCUT2D eigenvalue weighted by atomic mass is 9.82. The van der Waals surface area contributed by atoms with E-state index in [9.17, 15) is 38.4 Å². The number of hydrogen-bond donors (Lipinski definition) is 8. The summed E-state index contributed by atoms with van der Waals surface area (Å²) >= 11 is 12.9. The zero-order valence-corrected chi connectivity index (χ0v) is 44.0. The number of nitrogens with two attached hydrogens (primary N) is 1. The van der Waals surface area contributed by atoms with Gasteiger partial charge in [0.15, 0.2) is 0 Å². The van der Waals surface area contributed by atoms with Crippen LogP contribution in [0.5, 0.6) is 11.5 Å². The van der Waals surface area contributed by atoms with E-state index in [2.05, 4.69) is 36.6 Å². The molecule has 6 rings (SSSR count). The summed E-state index contributed by atoms with van der Waals surface area (Å²) in [6.45, 7) is 10.3. The number of hydrogen-bond acceptors (Lipinski definition) is 11. The van der Waals surface area contributed by atoms with Crippen molar-refractivity contribution in [3.8, 4) is 11.5 Å². The number of methoxy groups -OCH3 is 3. The first-order chi connectivity index (χ1) is 34.4. The predicted molar refractivity (Wildman–Crippen MR) is 274 cm³/mol. The normalized spacial score (nSPS) is 18.0. The molecule has 2 aliphatic heterocycles. The van der Waals surface area contributed by atoms with Crippen LogP contribution in [-0.4, -0.2) is 127 Å². The summed E-state index contributed by atoms with van der Waals surface area (Å²) in [4.78, 5) is 117. The molecule has 73 heavy (non-hydrogen) atoms. The van der Waals surface area contributed by atoms with Crippen molar-refractivity contribution in [1.29, 1.82) is 0 Å². The van der Waals surface area contributed by atoms with Crippen LogP contribution < -0.4 is 41.8 Å². The Hall–Kier alpha value is -6.54. The van der Waals surface area contributed by atoms with Crippen LogP contribution in [0.15, 0.2) is 36.4 Å². The summed E-state index contributed by atoms with van der Waals surface area (Å²) in [7, 11) is 4.16. The standard InChI is InChI=1S/C51H67Cl2N9O11/c1-50(2,3)23-38(60-44(65)35-19-28-15-30(71-6)21-32(52)40(28)56-35)46(67)58-34(42(54)63)18-27-12-10-14-62(48(27)69)25-51(4,5)24-39(47(68)59-37(49(70)73-8)17-26-11-9-13-55-43(26)64)61-45(66)36-20-29-16-31(72-7)22-33(53)41(29)57-36/h15-16,19-22,26-27,34,37-39,56-57H,9-14,17-18,23-25H2,1-8H3,(H2,54,63)(H,55,64)(H,58,67)(H,59,68)(H,60,65)(H,61,66)/t26-,27-,34-,37-,38-,39-/m0/s1. The summed E-state index contributed by atoms with van der Waals surface area (Å²) in [6, 6.07) is 4.86. The van der Waals surface area contributed by atoms with Crippen molar-refractivity contribution in [2.45, 2.75) is 110 Å². The van der Waals surface area contributed by atoms with E-state index in [-0.39, 0.29) is 55.4 Å². The minimum Gasteiger partial charge on any atom is -0.497 e. The Bertz CT molecular complexity index is 2750. The van der Waals surface area contributed by atoms with E-state index in [1.54, 1.807) is 41.3 Å². The maximum Gasteiger partial charge on any atom is 0.328 e. The molecule has 396 valence electrons. The molecule has 2 aliphatic rings. The average molecular weight is 1050 g/mol. The van der Waals surface area contributed by atoms with Crippen LogP contribution in [0.3, 0.4) is 0 Å². The second-order valence-corrected chi connectivity index (χ2v) is 21.8. The highest BCUT2D eigenvalue weighted by atomic mass is 35.5. The number of H-pyrrole nitrogens is 2. The molecule has 4 aromatic rings. The van der Waals surface area contributed by atoms with Crippen LogP contribution >= 0.6 is 23.2 Å². The molecule has 7 amide bonds. The molecule has 2 aromatic carbocycles. The van der Waals surface area contributed by atoms with Crippen LogP contribution in [-0.2, 0) is 33.5 Å². The molecule has 0 radical (unpaired) electrons. The van der Waals surface area contributed by atoms with Gasteiger partial charge < -0.3 is 61.4 Å². The third-order valence-corrected chi connectivity index (χ3v) is 13.8. The Kier molecular flexibility index (Phi) is 18.0. The van der Waals surface area contributed by atoms with Gasteiger partial charge in [-0.25, -0.2) is 4.79 Å². The number of nitrogens with one attached hydrogen (secondary N) is 7. The number of ether oxygens (including phenoxy) is 3. The van der Waals surface area contributed by atoms with Crippen molar-refractivity contribution in [2.24, 2.45) is 28.4 Å². The number of primary amides is 1. The van der Waals surface area contributed by atoms with E-state index in [4.69, 9.17) is 43.1 Å². The molecule has 0 aliphatic carbocycles. The van der Waals surface area contributed by atoms with E-state index >= 15 is 0 Å². The highest BCUT2D eigenvalue weighted by Crippen LogP contribution is 2.33. The Balaban J connectivity index is 1.17. The first kappa shape index (κ1) is 55.8. The minimum atomic E-state index is -1.28. The van der Waals surface area contributed by atoms with Crippen LogP contribution in [0.25, 0.3) is 21.8 Å². The number of fused-ring (bicyclic) bond motifs is 2. The average Bonchev–Trinajstić information content (AvgIpc) is 3.98. The molecule has 4 heterocycles. The van der Waals surface area contributed by atoms with E-state index in [0.717, 1.165) is 0 Å². The number of carbonyl (C=O) groups excluding carboxylic acids is 8. The maximum absolute atomic E-state index is 14.4. The molecular formula is C51H67Cl2N9O11. The number of rotatable bonds is 21. The number of amides is 7. The number of halogens is 2. The van der Waals surface area contributed by atoms with Crippen LogP contribution in [0.4, 0.5) is 0 Å². The molecule has 2 saturated heterocycles. The van der Waals surface area contributed by atoms with Gasteiger partial charge in [0.05, 0.1) is 42.4 Å². The van der Waals surface area contributed by atoms with Crippen molar-refractivity contribution in [2.75, 3.05) is 41.0 Å². The zero-order chi connectivity index (χ0) is 53.5. The zero-order valence-electron chi connectivity index (χ0n) is 42.5. The number of carbonyl (C=O) groups is 8. The fraction of sp³-hybridized carbons (Fsp3) is 0.529. The van der Waals surface area contributed by atoms with Gasteiger partial charge >= 0.3 is 5.97 Å². The fourth-order valence-corrected chi connectivity index (χ4v) is 10.2. The van der Waals surface area contributed by atoms with Gasteiger partial charge in [0.1, 0.15) is 47.1 Å². The number of likely N-dealkylation sites (tertiary alicyclic amines) is 1. The number of benzene rings is 2. The number of esters is 1. The highest BCUT2D eigenvalue weighted by molar-refractivity contribution is 6.36. The third kappa shape index (κ3) is 14.4. The molecule has 0 spiro atoms. The lowest BCUT2D eigenvalue weighted by Crippen LogP contribution is -2.56. The largest absolute Gasteiger partial charge is 0.497 e. The van der Waals surface area contributed by atoms with Crippen molar-refractivity contribution in [1.82, 2.24) is 41.5 Å². The van der Waals surface area contributed by atoms with Crippen LogP contribution in [0.2, 0.25) is 10.0 Å². The summed E-state index contributed by atoms with van der Waals surface area (Å²) in [5, 5.41) is 15.7. The fourth-order valence-electron chi connectivity index (χ4n) is 9.64. The second-order valence-electron chi connectivity index (χ2n) is 20.9. The number of nitrogens with zero attached hydrogens (tertiary/aromatic N) is 1. The monoisotopic (exact) mass is 1050 g/mol. The van der Waals surface area contributed by atoms with Crippen LogP contribution in [0.1, 0.15) is 107 Å². The van der Waals surface area contributed by atoms with Gasteiger partial charge in [0, 0.05) is 54.4 Å². The third-order valence-electron chi connectivity index (χ3n) is 13.2. The molecule has 0 saturated carbocycles. The predicted octanol–water partition coefficient (Wildman–Crippen LogP) is 4.90. The summed E-state index contributed by atoms with van der Waals surface area (Å²) in [5.41, 5.74) is 5.74. The Morgan fingerprint density at radius 3 is 1.70 bits per heavy atom. The first-order valence-corrected chi connectivity index (χ1v) is 25.0. The van der Waals surface area contributed by atoms with Crippen LogP contribution in [0, 0.1) is 22.7 Å². The number of piperidine rings is 2. The van der Waals surface area contributed by atoms with Gasteiger partial charge in [-0.05, 0) is 86.5 Å². The molecule has 2 fully saturated rings. The summed E-state index contributed by atoms with van der Waals surface area (Å²) in [6.07, 6.45) is 2.12. The van der Waals surface area contributed by atoms with Crippen molar-refractivity contribution >= 4 is 92.3 Å². The van der Waals surface area contributed by atoms with Gasteiger partial charge in [-0.15, -0.1) is 0 Å². The molecule has 0 unspecified atom stereocenters. The van der Waals surface area contributed by atoms with E-state index in [1.807, 2.05) is 34.6 Å². The maximum atomic E-state index is 14.4. The molecule has 9 N–H and O–H groups in total. The Morgan fingerprint density at radius 2 is 1.21 bits per heavy atom.